The van der Waals surface area contributed by atoms with Crippen LogP contribution in [0.3, 0.4) is 0 Å². The first-order valence-electron chi connectivity index (χ1n) is 15.0. The number of aliphatic hydroxyl groups excluding tert-OH is 2. The number of nitrogens with zero attached hydrogens (tertiary/aromatic N) is 2. The van der Waals surface area contributed by atoms with Crippen molar-refractivity contribution in [2.75, 3.05) is 13.6 Å². The van der Waals surface area contributed by atoms with Crippen LogP contribution in [0.15, 0.2) is 103 Å². The van der Waals surface area contributed by atoms with E-state index in [2.05, 4.69) is 22.1 Å². The van der Waals surface area contributed by atoms with E-state index in [9.17, 15) is 15.0 Å². The van der Waals surface area contributed by atoms with Crippen molar-refractivity contribution in [2.24, 2.45) is 5.92 Å². The van der Waals surface area contributed by atoms with E-state index in [4.69, 9.17) is 9.47 Å². The van der Waals surface area contributed by atoms with Gasteiger partial charge in [-0.2, -0.15) is 0 Å². The molecular formula is C36H41N3O5. The number of hydrogen-bond donors (Lipinski definition) is 3. The summed E-state index contributed by atoms with van der Waals surface area (Å²) < 4.78 is 13.2. The Kier molecular flexibility index (Phi) is 10.5. The van der Waals surface area contributed by atoms with E-state index in [1.807, 2.05) is 92.8 Å². The van der Waals surface area contributed by atoms with Crippen LogP contribution in [0.2, 0.25) is 0 Å². The number of likely N-dealkylation sites (N-methyl/N-ethyl adjacent to an activating group) is 1. The lowest BCUT2D eigenvalue weighted by Gasteiger charge is -2.43. The molecule has 0 saturated carbocycles. The molecule has 1 saturated heterocycles. The second-order valence-corrected chi connectivity index (χ2v) is 11.5. The molecule has 8 nitrogen and oxygen atoms in total. The minimum absolute atomic E-state index is 0.0108. The van der Waals surface area contributed by atoms with Gasteiger partial charge >= 0.3 is 0 Å². The first-order chi connectivity index (χ1) is 21.3. The molecule has 1 aromatic heterocycles. The second-order valence-electron chi connectivity index (χ2n) is 11.5. The number of nitrogens with one attached hydrogen (secondary N) is 1. The summed E-state index contributed by atoms with van der Waals surface area (Å²) in [5.41, 5.74) is 5.08. The Labute approximate surface area is 259 Å². The van der Waals surface area contributed by atoms with Gasteiger partial charge in [-0.05, 0) is 48.4 Å². The Balaban J connectivity index is 1.31. The smallest absolute Gasteiger partial charge is 0.253 e. The zero-order valence-electron chi connectivity index (χ0n) is 25.4. The second kappa shape index (κ2) is 14.7. The van der Waals surface area contributed by atoms with Gasteiger partial charge < -0.3 is 25.0 Å². The van der Waals surface area contributed by atoms with E-state index in [1.54, 1.807) is 24.5 Å². The molecular weight excluding hydrogens is 554 g/mol. The average molecular weight is 596 g/mol. The quantitative estimate of drug-likeness (QED) is 0.215. The predicted octanol–water partition coefficient (Wildman–Crippen LogP) is 5.35. The van der Waals surface area contributed by atoms with Gasteiger partial charge in [-0.3, -0.25) is 14.7 Å². The first kappa shape index (κ1) is 31.5. The number of pyridine rings is 1. The fourth-order valence-corrected chi connectivity index (χ4v) is 5.52. The van der Waals surface area contributed by atoms with E-state index in [1.165, 1.54) is 0 Å². The normalized spacial score (nSPS) is 21.5. The van der Waals surface area contributed by atoms with Crippen molar-refractivity contribution in [3.63, 3.8) is 0 Å². The fraction of sp³-hybridized carbons (Fsp3) is 0.333. The average Bonchev–Trinajstić information content (AvgIpc) is 3.08. The number of hydrogen-bond acceptors (Lipinski definition) is 7. The number of aliphatic hydroxyl groups is 2. The number of ether oxygens (including phenoxy) is 2. The van der Waals surface area contributed by atoms with Crippen LogP contribution in [-0.2, 0) is 22.6 Å². The standard InChI is InChI=1S/C36H41N3O5/c1-24-32(22-39(3)25(2)33(41)28-8-5-4-6-9-28)43-36(44-34(24)29-15-13-27(23-40)14-16-29)30-17-11-26(12-18-30)20-38-35(42)31-10-7-19-37-21-31/h4-19,21,24-25,32-34,36,40-41H,20,22-23H2,1-3H3,(H,38,42). The fourth-order valence-electron chi connectivity index (χ4n) is 5.52. The monoisotopic (exact) mass is 595 g/mol. The third-order valence-electron chi connectivity index (χ3n) is 8.51. The lowest BCUT2D eigenvalue weighted by molar-refractivity contribution is -0.276. The summed E-state index contributed by atoms with van der Waals surface area (Å²) in [6.07, 6.45) is 1.50. The van der Waals surface area contributed by atoms with Crippen molar-refractivity contribution in [2.45, 2.75) is 57.6 Å². The highest BCUT2D eigenvalue weighted by molar-refractivity contribution is 5.93. The molecule has 2 heterocycles. The maximum Gasteiger partial charge on any atom is 0.253 e. The highest BCUT2D eigenvalue weighted by Crippen LogP contribution is 2.42. The minimum atomic E-state index is -0.639. The van der Waals surface area contributed by atoms with Gasteiger partial charge in [0.25, 0.3) is 5.91 Å². The molecule has 44 heavy (non-hydrogen) atoms. The molecule has 0 spiro atoms. The van der Waals surface area contributed by atoms with Crippen LogP contribution in [-0.4, -0.2) is 51.7 Å². The molecule has 0 bridgehead atoms. The maximum absolute atomic E-state index is 12.4. The topological polar surface area (TPSA) is 104 Å². The van der Waals surface area contributed by atoms with Crippen LogP contribution in [0.1, 0.15) is 70.5 Å². The highest BCUT2D eigenvalue weighted by atomic mass is 16.7. The zero-order valence-corrected chi connectivity index (χ0v) is 25.4. The van der Waals surface area contributed by atoms with Crippen LogP contribution in [0.4, 0.5) is 0 Å². The molecule has 3 N–H and O–H groups in total. The molecule has 1 amide bonds. The number of aromatic nitrogens is 1. The van der Waals surface area contributed by atoms with Crippen LogP contribution >= 0.6 is 0 Å². The van der Waals surface area contributed by atoms with Crippen LogP contribution in [0.5, 0.6) is 0 Å². The van der Waals surface area contributed by atoms with Crippen molar-refractivity contribution in [3.8, 4) is 0 Å². The highest BCUT2D eigenvalue weighted by Gasteiger charge is 2.39. The van der Waals surface area contributed by atoms with Gasteiger partial charge in [0.2, 0.25) is 0 Å². The van der Waals surface area contributed by atoms with Crippen molar-refractivity contribution in [1.82, 2.24) is 15.2 Å². The Morgan fingerprint density at radius 2 is 1.61 bits per heavy atom. The number of rotatable bonds is 11. The summed E-state index contributed by atoms with van der Waals surface area (Å²) in [5, 5.41) is 23.6. The SMILES string of the molecule is CC1C(CN(C)C(C)C(O)c2ccccc2)OC(c2ccc(CNC(=O)c3cccnc3)cc2)OC1c1ccc(CO)cc1. The van der Waals surface area contributed by atoms with Crippen LogP contribution in [0.25, 0.3) is 0 Å². The first-order valence-corrected chi connectivity index (χ1v) is 15.0. The summed E-state index contributed by atoms with van der Waals surface area (Å²) in [5.74, 6) is -0.166. The minimum Gasteiger partial charge on any atom is -0.392 e. The molecule has 6 atom stereocenters. The van der Waals surface area contributed by atoms with Gasteiger partial charge in [0.15, 0.2) is 6.29 Å². The van der Waals surface area contributed by atoms with Gasteiger partial charge in [-0.15, -0.1) is 0 Å². The summed E-state index contributed by atoms with van der Waals surface area (Å²) in [6.45, 7) is 5.11. The Hall–Kier alpha value is -3.92. The van der Waals surface area contributed by atoms with E-state index in [0.29, 0.717) is 18.7 Å². The number of carbonyl (C=O) groups is 1. The van der Waals surface area contributed by atoms with Crippen LogP contribution < -0.4 is 5.32 Å². The van der Waals surface area contributed by atoms with E-state index in [-0.39, 0.29) is 36.7 Å². The molecule has 1 fully saturated rings. The summed E-state index contributed by atoms with van der Waals surface area (Å²) in [6, 6.07) is 28.8. The molecule has 5 rings (SSSR count). The number of amides is 1. The van der Waals surface area contributed by atoms with Gasteiger partial charge in [-0.25, -0.2) is 0 Å². The third-order valence-corrected chi connectivity index (χ3v) is 8.51. The van der Waals surface area contributed by atoms with Gasteiger partial charge in [0.05, 0.1) is 30.5 Å². The Morgan fingerprint density at radius 3 is 2.27 bits per heavy atom. The molecule has 0 radical (unpaired) electrons. The lowest BCUT2D eigenvalue weighted by atomic mass is 9.89. The van der Waals surface area contributed by atoms with Crippen molar-refractivity contribution >= 4 is 5.91 Å². The molecule has 1 aliphatic rings. The van der Waals surface area contributed by atoms with E-state index >= 15 is 0 Å². The van der Waals surface area contributed by atoms with Gasteiger partial charge in [0.1, 0.15) is 0 Å². The number of benzene rings is 3. The summed E-state index contributed by atoms with van der Waals surface area (Å²) in [7, 11) is 2.01. The molecule has 3 aromatic carbocycles. The molecule has 6 unspecified atom stereocenters. The van der Waals surface area contributed by atoms with Crippen molar-refractivity contribution < 1.29 is 24.5 Å². The van der Waals surface area contributed by atoms with Gasteiger partial charge in [-0.1, -0.05) is 85.8 Å². The Morgan fingerprint density at radius 1 is 0.932 bits per heavy atom. The molecule has 4 aromatic rings. The maximum atomic E-state index is 12.4. The largest absolute Gasteiger partial charge is 0.392 e. The molecule has 0 aliphatic carbocycles. The zero-order chi connectivity index (χ0) is 31.1. The van der Waals surface area contributed by atoms with E-state index in [0.717, 1.165) is 27.8 Å². The van der Waals surface area contributed by atoms with Gasteiger partial charge in [0, 0.05) is 43.0 Å². The Bertz CT molecular complexity index is 1470. The lowest BCUT2D eigenvalue weighted by Crippen LogP contribution is -2.46. The molecule has 1 aliphatic heterocycles. The molecule has 230 valence electrons. The summed E-state index contributed by atoms with van der Waals surface area (Å²) in [4.78, 5) is 18.6. The number of carbonyl (C=O) groups excluding carboxylic acids is 1. The molecule has 8 heteroatoms. The predicted molar refractivity (Wildman–Crippen MR) is 168 cm³/mol. The third kappa shape index (κ3) is 7.59. The van der Waals surface area contributed by atoms with Crippen molar-refractivity contribution in [3.05, 3.63) is 137 Å². The summed E-state index contributed by atoms with van der Waals surface area (Å²) >= 11 is 0. The van der Waals surface area contributed by atoms with Crippen LogP contribution in [0, 0.1) is 5.92 Å². The van der Waals surface area contributed by atoms with Crippen molar-refractivity contribution in [1.29, 1.82) is 0 Å². The van der Waals surface area contributed by atoms with E-state index < -0.39 is 12.4 Å².